The first-order valence-corrected chi connectivity index (χ1v) is 8.58. The van der Waals surface area contributed by atoms with Crippen molar-refractivity contribution in [2.24, 2.45) is 0 Å². The molecule has 0 unspecified atom stereocenters. The highest BCUT2D eigenvalue weighted by Crippen LogP contribution is 2.16. The Hall–Kier alpha value is -3.48. The van der Waals surface area contributed by atoms with Crippen molar-refractivity contribution in [3.63, 3.8) is 0 Å². The molecule has 3 rings (SSSR count). The maximum atomic E-state index is 11.3. The van der Waals surface area contributed by atoms with Crippen LogP contribution in [0, 0.1) is 0 Å². The molecule has 7 heteroatoms. The Kier molecular flexibility index (Phi) is 5.94. The average Bonchev–Trinajstić information content (AvgIpc) is 2.69. The molecule has 0 fully saturated rings. The highest BCUT2D eigenvalue weighted by atomic mass is 16.5. The third-order valence-electron chi connectivity index (χ3n) is 3.98. The summed E-state index contributed by atoms with van der Waals surface area (Å²) in [6.07, 6.45) is 2.38. The molecule has 0 radical (unpaired) electrons. The Balaban J connectivity index is 1.55. The molecule has 2 aromatic carbocycles. The van der Waals surface area contributed by atoms with Crippen LogP contribution in [0.25, 0.3) is 0 Å². The summed E-state index contributed by atoms with van der Waals surface area (Å²) in [6.45, 7) is 2.23. The molecule has 0 spiro atoms. The molecule has 0 aliphatic heterocycles. The van der Waals surface area contributed by atoms with E-state index in [1.807, 2.05) is 36.4 Å². The molecule has 0 atom stereocenters. The van der Waals surface area contributed by atoms with Gasteiger partial charge in [0.1, 0.15) is 5.75 Å². The third kappa shape index (κ3) is 5.24. The Morgan fingerprint density at radius 1 is 1.07 bits per heavy atom. The molecule has 2 N–H and O–H groups in total. The van der Waals surface area contributed by atoms with Crippen molar-refractivity contribution in [3.8, 4) is 5.75 Å². The number of rotatable bonds is 8. The predicted molar refractivity (Wildman–Crippen MR) is 105 cm³/mol. The largest absolute Gasteiger partial charge is 0.497 e. The standard InChI is InChI=1S/C20H21N5O2/c1-14(26)16-5-7-17(8-6-16)23-19-13-22-25-20(24-19)21-12-11-15-3-9-18(27-2)10-4-15/h3-10,13H,11-12H2,1-2H3,(H2,21,23,24,25). The number of anilines is 3. The lowest BCUT2D eigenvalue weighted by Gasteiger charge is -2.08. The van der Waals surface area contributed by atoms with Crippen LogP contribution in [0.4, 0.5) is 17.5 Å². The number of hydrogen-bond acceptors (Lipinski definition) is 7. The zero-order valence-corrected chi connectivity index (χ0v) is 15.3. The fourth-order valence-electron chi connectivity index (χ4n) is 2.49. The molecule has 7 nitrogen and oxygen atoms in total. The Morgan fingerprint density at radius 3 is 2.48 bits per heavy atom. The normalized spacial score (nSPS) is 10.3. The van der Waals surface area contributed by atoms with Crippen LogP contribution < -0.4 is 15.4 Å². The molecule has 3 aromatic rings. The molecule has 27 heavy (non-hydrogen) atoms. The molecule has 0 bridgehead atoms. The molecule has 1 aromatic heterocycles. The van der Waals surface area contributed by atoms with Crippen molar-refractivity contribution >= 4 is 23.2 Å². The van der Waals surface area contributed by atoms with Crippen molar-refractivity contribution in [1.82, 2.24) is 15.2 Å². The van der Waals surface area contributed by atoms with Crippen LogP contribution in [0.15, 0.2) is 54.7 Å². The molecule has 0 aliphatic carbocycles. The fraction of sp³-hybridized carbons (Fsp3) is 0.200. The summed E-state index contributed by atoms with van der Waals surface area (Å²) in [5.41, 5.74) is 2.68. The van der Waals surface area contributed by atoms with E-state index in [1.165, 1.54) is 5.56 Å². The van der Waals surface area contributed by atoms with Crippen molar-refractivity contribution in [2.45, 2.75) is 13.3 Å². The lowest BCUT2D eigenvalue weighted by atomic mass is 10.1. The van der Waals surface area contributed by atoms with E-state index in [1.54, 1.807) is 32.4 Å². The van der Waals surface area contributed by atoms with Gasteiger partial charge < -0.3 is 15.4 Å². The lowest BCUT2D eigenvalue weighted by molar-refractivity contribution is 0.101. The third-order valence-corrected chi connectivity index (χ3v) is 3.98. The summed E-state index contributed by atoms with van der Waals surface area (Å²) in [6, 6.07) is 15.1. The zero-order chi connectivity index (χ0) is 19.1. The predicted octanol–water partition coefficient (Wildman–Crippen LogP) is 3.48. The number of carbonyl (C=O) groups is 1. The van der Waals surface area contributed by atoms with Crippen LogP contribution >= 0.6 is 0 Å². The van der Waals surface area contributed by atoms with Crippen molar-refractivity contribution in [3.05, 3.63) is 65.9 Å². The van der Waals surface area contributed by atoms with E-state index in [0.717, 1.165) is 17.9 Å². The number of methoxy groups -OCH3 is 1. The number of aromatic nitrogens is 3. The van der Waals surface area contributed by atoms with Crippen molar-refractivity contribution in [2.75, 3.05) is 24.3 Å². The number of carbonyl (C=O) groups excluding carboxylic acids is 1. The van der Waals surface area contributed by atoms with Crippen LogP contribution in [0.2, 0.25) is 0 Å². The first-order chi connectivity index (χ1) is 13.1. The van der Waals surface area contributed by atoms with E-state index >= 15 is 0 Å². The Bertz CT molecular complexity index is 895. The van der Waals surface area contributed by atoms with Gasteiger partial charge >= 0.3 is 0 Å². The number of ketones is 1. The Labute approximate surface area is 157 Å². The first kappa shape index (κ1) is 18.3. The maximum Gasteiger partial charge on any atom is 0.244 e. The van der Waals surface area contributed by atoms with Crippen LogP contribution in [0.3, 0.4) is 0 Å². The number of Topliss-reactive ketones (excluding diaryl/α,β-unsaturated/α-hetero) is 1. The molecule has 1 heterocycles. The van der Waals surface area contributed by atoms with E-state index in [4.69, 9.17) is 4.74 Å². The van der Waals surface area contributed by atoms with Gasteiger partial charge in [0.25, 0.3) is 0 Å². The van der Waals surface area contributed by atoms with Gasteiger partial charge in [-0.15, -0.1) is 5.10 Å². The summed E-state index contributed by atoms with van der Waals surface area (Å²) < 4.78 is 5.16. The smallest absolute Gasteiger partial charge is 0.244 e. The summed E-state index contributed by atoms with van der Waals surface area (Å²) >= 11 is 0. The number of benzene rings is 2. The summed E-state index contributed by atoms with van der Waals surface area (Å²) in [5, 5.41) is 14.3. The van der Waals surface area contributed by atoms with Crippen molar-refractivity contribution < 1.29 is 9.53 Å². The van der Waals surface area contributed by atoms with E-state index in [-0.39, 0.29) is 5.78 Å². The number of ether oxygens (including phenoxy) is 1. The topological polar surface area (TPSA) is 89.0 Å². The minimum atomic E-state index is 0.0357. The van der Waals surface area contributed by atoms with Crippen LogP contribution in [0.1, 0.15) is 22.8 Å². The minimum Gasteiger partial charge on any atom is -0.497 e. The Morgan fingerprint density at radius 2 is 1.81 bits per heavy atom. The molecular weight excluding hydrogens is 342 g/mol. The second kappa shape index (κ2) is 8.75. The van der Waals surface area contributed by atoms with Crippen molar-refractivity contribution in [1.29, 1.82) is 0 Å². The van der Waals surface area contributed by atoms with E-state index in [0.29, 0.717) is 23.9 Å². The van der Waals surface area contributed by atoms with Crippen LogP contribution in [0.5, 0.6) is 5.75 Å². The molecular formula is C20H21N5O2. The molecule has 0 amide bonds. The quantitative estimate of drug-likeness (QED) is 0.592. The van der Waals surface area contributed by atoms with Gasteiger partial charge in [0.05, 0.1) is 13.3 Å². The second-order valence-corrected chi connectivity index (χ2v) is 5.95. The van der Waals surface area contributed by atoms with Gasteiger partial charge in [0, 0.05) is 17.8 Å². The van der Waals surface area contributed by atoms with Crippen LogP contribution in [-0.2, 0) is 6.42 Å². The van der Waals surface area contributed by atoms with Gasteiger partial charge in [0.2, 0.25) is 5.95 Å². The van der Waals surface area contributed by atoms with Gasteiger partial charge in [-0.2, -0.15) is 10.1 Å². The van der Waals surface area contributed by atoms with E-state index in [2.05, 4.69) is 25.8 Å². The van der Waals surface area contributed by atoms with E-state index < -0.39 is 0 Å². The monoisotopic (exact) mass is 363 g/mol. The second-order valence-electron chi connectivity index (χ2n) is 5.95. The van der Waals surface area contributed by atoms with Crippen LogP contribution in [-0.4, -0.2) is 34.6 Å². The van der Waals surface area contributed by atoms with E-state index in [9.17, 15) is 4.79 Å². The van der Waals surface area contributed by atoms with Gasteiger partial charge in [-0.05, 0) is 55.3 Å². The molecule has 0 saturated heterocycles. The number of hydrogen-bond donors (Lipinski definition) is 2. The zero-order valence-electron chi connectivity index (χ0n) is 15.3. The first-order valence-electron chi connectivity index (χ1n) is 8.58. The maximum absolute atomic E-state index is 11.3. The summed E-state index contributed by atoms with van der Waals surface area (Å²) in [5.74, 6) is 1.91. The minimum absolute atomic E-state index is 0.0357. The van der Waals surface area contributed by atoms with Gasteiger partial charge in [-0.1, -0.05) is 12.1 Å². The lowest BCUT2D eigenvalue weighted by Crippen LogP contribution is -2.09. The molecule has 0 aliphatic rings. The average molecular weight is 363 g/mol. The fourth-order valence-corrected chi connectivity index (χ4v) is 2.49. The van der Waals surface area contributed by atoms with Gasteiger partial charge in [-0.25, -0.2) is 0 Å². The van der Waals surface area contributed by atoms with Gasteiger partial charge in [-0.3, -0.25) is 4.79 Å². The molecule has 0 saturated carbocycles. The number of nitrogens with zero attached hydrogens (tertiary/aromatic N) is 3. The highest BCUT2D eigenvalue weighted by molar-refractivity contribution is 5.94. The van der Waals surface area contributed by atoms with Gasteiger partial charge in [0.15, 0.2) is 11.6 Å². The number of nitrogens with one attached hydrogen (secondary N) is 2. The molecule has 138 valence electrons. The SMILES string of the molecule is COc1ccc(CCNc2nncc(Nc3ccc(C(C)=O)cc3)n2)cc1. The highest BCUT2D eigenvalue weighted by Gasteiger charge is 2.03. The summed E-state index contributed by atoms with van der Waals surface area (Å²) in [7, 11) is 1.65. The summed E-state index contributed by atoms with van der Waals surface area (Å²) in [4.78, 5) is 15.7.